The van der Waals surface area contributed by atoms with Crippen LogP contribution in [0.4, 0.5) is 26.2 Å². The van der Waals surface area contributed by atoms with Crippen molar-refractivity contribution in [3.8, 4) is 0 Å². The fourth-order valence-electron chi connectivity index (χ4n) is 1.56. The molecule has 2 aromatic carbocycles. The quantitative estimate of drug-likeness (QED) is 0.643. The van der Waals surface area contributed by atoms with Crippen LogP contribution in [0.2, 0.25) is 0 Å². The van der Waals surface area contributed by atoms with Crippen molar-refractivity contribution in [1.29, 1.82) is 0 Å². The molecule has 0 aromatic heterocycles. The summed E-state index contributed by atoms with van der Waals surface area (Å²) in [7, 11) is 0. The third kappa shape index (κ3) is 3.49. The summed E-state index contributed by atoms with van der Waals surface area (Å²) >= 11 is 6.59. The third-order valence-electron chi connectivity index (χ3n) is 2.45. The van der Waals surface area contributed by atoms with E-state index in [0.29, 0.717) is 15.8 Å². The van der Waals surface area contributed by atoms with E-state index in [-0.39, 0.29) is 5.69 Å². The molecule has 104 valence electrons. The summed E-state index contributed by atoms with van der Waals surface area (Å²) in [5.74, 6) is -0.509. The number of benzene rings is 2. The number of hydrogen-bond donors (Lipinski definition) is 3. The molecular formula is C13H10Br2FN3O. The number of nitrogens with one attached hydrogen (secondary N) is 2. The van der Waals surface area contributed by atoms with Crippen LogP contribution in [0.15, 0.2) is 45.3 Å². The summed E-state index contributed by atoms with van der Waals surface area (Å²) in [5.41, 5.74) is 6.71. The highest BCUT2D eigenvalue weighted by Crippen LogP contribution is 2.32. The second kappa shape index (κ2) is 6.23. The number of nitrogen functional groups attached to an aromatic ring is 1. The molecule has 2 aromatic rings. The Morgan fingerprint density at radius 3 is 2.50 bits per heavy atom. The first-order valence-corrected chi connectivity index (χ1v) is 7.13. The first kappa shape index (κ1) is 14.8. The molecule has 0 spiro atoms. The van der Waals surface area contributed by atoms with Crippen molar-refractivity contribution >= 4 is 55.0 Å². The van der Waals surface area contributed by atoms with E-state index in [1.807, 2.05) is 0 Å². The van der Waals surface area contributed by atoms with Crippen molar-refractivity contribution in [1.82, 2.24) is 0 Å². The smallest absolute Gasteiger partial charge is 0.323 e. The molecule has 0 bridgehead atoms. The number of halogens is 3. The summed E-state index contributed by atoms with van der Waals surface area (Å²) in [4.78, 5) is 11.8. The van der Waals surface area contributed by atoms with Gasteiger partial charge in [-0.25, -0.2) is 9.18 Å². The van der Waals surface area contributed by atoms with Crippen LogP contribution < -0.4 is 16.4 Å². The molecule has 0 aliphatic heterocycles. The molecule has 2 amide bonds. The largest absolute Gasteiger partial charge is 0.397 e. The molecule has 4 N–H and O–H groups in total. The number of rotatable bonds is 2. The molecule has 0 unspecified atom stereocenters. The van der Waals surface area contributed by atoms with E-state index in [9.17, 15) is 9.18 Å². The van der Waals surface area contributed by atoms with Gasteiger partial charge in [-0.2, -0.15) is 0 Å². The fraction of sp³-hybridized carbons (Fsp3) is 0. The fourth-order valence-corrected chi connectivity index (χ4v) is 2.91. The van der Waals surface area contributed by atoms with Gasteiger partial charge in [0.05, 0.1) is 17.1 Å². The van der Waals surface area contributed by atoms with Gasteiger partial charge >= 0.3 is 6.03 Å². The minimum absolute atomic E-state index is 0.0943. The Balaban J connectivity index is 2.15. The van der Waals surface area contributed by atoms with Crippen molar-refractivity contribution in [2.24, 2.45) is 0 Å². The standard InChI is InChI=1S/C13H10Br2FN3O/c14-7-5-8(15)12(10(17)6-7)19-13(20)18-11-4-2-1-3-9(11)16/h1-6H,17H2,(H2,18,19,20). The molecule has 4 nitrogen and oxygen atoms in total. The number of nitrogens with two attached hydrogens (primary N) is 1. The van der Waals surface area contributed by atoms with Gasteiger partial charge in [-0.3, -0.25) is 0 Å². The SMILES string of the molecule is Nc1cc(Br)cc(Br)c1NC(=O)Nc1ccccc1F. The van der Waals surface area contributed by atoms with Crippen molar-refractivity contribution in [2.75, 3.05) is 16.4 Å². The molecule has 0 aliphatic rings. The monoisotopic (exact) mass is 401 g/mol. The molecule has 0 fully saturated rings. The highest BCUT2D eigenvalue weighted by Gasteiger charge is 2.11. The van der Waals surface area contributed by atoms with Crippen molar-refractivity contribution in [3.05, 3.63) is 51.2 Å². The van der Waals surface area contributed by atoms with E-state index in [1.54, 1.807) is 24.3 Å². The van der Waals surface area contributed by atoms with Gasteiger partial charge in [0, 0.05) is 8.95 Å². The third-order valence-corrected chi connectivity index (χ3v) is 3.53. The van der Waals surface area contributed by atoms with Crippen LogP contribution in [-0.2, 0) is 0 Å². The highest BCUT2D eigenvalue weighted by molar-refractivity contribution is 9.11. The topological polar surface area (TPSA) is 67.1 Å². The van der Waals surface area contributed by atoms with Crippen molar-refractivity contribution in [3.63, 3.8) is 0 Å². The number of anilines is 3. The molecule has 0 atom stereocenters. The first-order chi connectivity index (χ1) is 9.47. The van der Waals surface area contributed by atoms with Gasteiger partial charge in [0.1, 0.15) is 5.82 Å². The van der Waals surface area contributed by atoms with Crippen molar-refractivity contribution in [2.45, 2.75) is 0 Å². The van der Waals surface area contributed by atoms with E-state index >= 15 is 0 Å². The van der Waals surface area contributed by atoms with Gasteiger partial charge in [-0.05, 0) is 40.2 Å². The van der Waals surface area contributed by atoms with E-state index in [2.05, 4.69) is 42.5 Å². The zero-order valence-corrected chi connectivity index (χ0v) is 13.3. The Labute approximate surface area is 131 Å². The number of hydrogen-bond acceptors (Lipinski definition) is 2. The Morgan fingerprint density at radius 2 is 1.85 bits per heavy atom. The van der Waals surface area contributed by atoms with Gasteiger partial charge in [-0.15, -0.1) is 0 Å². The number of amides is 2. The van der Waals surface area contributed by atoms with Crippen LogP contribution in [0.3, 0.4) is 0 Å². The van der Waals surface area contributed by atoms with E-state index in [0.717, 1.165) is 4.47 Å². The second-order valence-electron chi connectivity index (χ2n) is 3.91. The average Bonchev–Trinajstić information content (AvgIpc) is 2.36. The molecular weight excluding hydrogens is 393 g/mol. The molecule has 0 heterocycles. The lowest BCUT2D eigenvalue weighted by Crippen LogP contribution is -2.21. The Morgan fingerprint density at radius 1 is 1.15 bits per heavy atom. The number of carbonyl (C=O) groups excluding carboxylic acids is 1. The number of para-hydroxylation sites is 1. The van der Waals surface area contributed by atoms with Crippen LogP contribution in [0.5, 0.6) is 0 Å². The van der Waals surface area contributed by atoms with Crippen LogP contribution in [0, 0.1) is 5.82 Å². The normalized spacial score (nSPS) is 10.2. The second-order valence-corrected chi connectivity index (χ2v) is 5.68. The van der Waals surface area contributed by atoms with Crippen LogP contribution in [-0.4, -0.2) is 6.03 Å². The van der Waals surface area contributed by atoms with Gasteiger partial charge in [0.25, 0.3) is 0 Å². The predicted octanol–water partition coefficient (Wildman–Crippen LogP) is 4.58. The molecule has 20 heavy (non-hydrogen) atoms. The lowest BCUT2D eigenvalue weighted by molar-refractivity contribution is 0.262. The lowest BCUT2D eigenvalue weighted by Gasteiger charge is -2.12. The Hall–Kier alpha value is -1.60. The maximum absolute atomic E-state index is 13.4. The van der Waals surface area contributed by atoms with E-state index in [4.69, 9.17) is 5.73 Å². The zero-order valence-electron chi connectivity index (χ0n) is 10.1. The minimum Gasteiger partial charge on any atom is -0.397 e. The van der Waals surface area contributed by atoms with Gasteiger partial charge in [0.15, 0.2) is 0 Å². The van der Waals surface area contributed by atoms with E-state index < -0.39 is 11.8 Å². The van der Waals surface area contributed by atoms with Crippen molar-refractivity contribution < 1.29 is 9.18 Å². The lowest BCUT2D eigenvalue weighted by atomic mass is 10.2. The summed E-state index contributed by atoms with van der Waals surface area (Å²) in [6.45, 7) is 0. The van der Waals surface area contributed by atoms with E-state index in [1.165, 1.54) is 12.1 Å². The molecule has 2 rings (SSSR count). The summed E-state index contributed by atoms with van der Waals surface area (Å²) in [6, 6.07) is 8.72. The minimum atomic E-state index is -0.579. The molecule has 7 heteroatoms. The zero-order chi connectivity index (χ0) is 14.7. The van der Waals surface area contributed by atoms with Crippen LogP contribution in [0.1, 0.15) is 0 Å². The maximum Gasteiger partial charge on any atom is 0.323 e. The van der Waals surface area contributed by atoms with Crippen LogP contribution >= 0.6 is 31.9 Å². The first-order valence-electron chi connectivity index (χ1n) is 5.54. The average molecular weight is 403 g/mol. The Kier molecular flexibility index (Phi) is 4.61. The summed E-state index contributed by atoms with van der Waals surface area (Å²) < 4.78 is 14.8. The molecule has 0 aliphatic carbocycles. The highest BCUT2D eigenvalue weighted by atomic mass is 79.9. The maximum atomic E-state index is 13.4. The van der Waals surface area contributed by atoms with Gasteiger partial charge < -0.3 is 16.4 Å². The summed E-state index contributed by atoms with van der Waals surface area (Å²) in [6.07, 6.45) is 0. The predicted molar refractivity (Wildman–Crippen MR) is 85.3 cm³/mol. The van der Waals surface area contributed by atoms with Gasteiger partial charge in [0.2, 0.25) is 0 Å². The molecule has 0 saturated heterocycles. The van der Waals surface area contributed by atoms with Crippen LogP contribution in [0.25, 0.3) is 0 Å². The Bertz CT molecular complexity index is 641. The molecule has 0 radical (unpaired) electrons. The number of carbonyl (C=O) groups is 1. The molecule has 0 saturated carbocycles. The summed E-state index contributed by atoms with van der Waals surface area (Å²) in [5, 5.41) is 4.99. The number of urea groups is 1. The van der Waals surface area contributed by atoms with Gasteiger partial charge in [-0.1, -0.05) is 28.1 Å².